The smallest absolute Gasteiger partial charge is 0.323 e. The molecule has 0 bridgehead atoms. The van der Waals surface area contributed by atoms with Gasteiger partial charge in [0.05, 0.1) is 5.60 Å². The van der Waals surface area contributed by atoms with E-state index >= 15 is 0 Å². The number of rotatable bonds is 5. The van der Waals surface area contributed by atoms with Crippen LogP contribution in [0.4, 0.5) is 0 Å². The summed E-state index contributed by atoms with van der Waals surface area (Å²) in [5.74, 6) is -0.694. The molecule has 1 saturated carbocycles. The molecule has 1 aliphatic carbocycles. The molecule has 3 unspecified atom stereocenters. The summed E-state index contributed by atoms with van der Waals surface area (Å²) in [4.78, 5) is 14.2. The van der Waals surface area contributed by atoms with Crippen LogP contribution in [-0.2, 0) is 9.53 Å². The summed E-state index contributed by atoms with van der Waals surface area (Å²) in [7, 11) is 1.78. The predicted molar refractivity (Wildman–Crippen MR) is 82.5 cm³/mol. The lowest BCUT2D eigenvalue weighted by Crippen LogP contribution is -2.60. The summed E-state index contributed by atoms with van der Waals surface area (Å²) < 4.78 is 5.67. The molecule has 122 valence electrons. The van der Waals surface area contributed by atoms with Gasteiger partial charge in [0.25, 0.3) is 0 Å². The molecule has 2 fully saturated rings. The normalized spacial score (nSPS) is 38.3. The number of methoxy groups -OCH3 is 1. The molecule has 5 heteroatoms. The molecule has 2 N–H and O–H groups in total. The molecule has 0 aromatic heterocycles. The molecule has 21 heavy (non-hydrogen) atoms. The third-order valence-corrected chi connectivity index (χ3v) is 5.35. The molecule has 0 radical (unpaired) electrons. The highest BCUT2D eigenvalue weighted by Crippen LogP contribution is 2.35. The predicted octanol–water partition coefficient (Wildman–Crippen LogP) is 1.86. The lowest BCUT2D eigenvalue weighted by molar-refractivity contribution is -0.148. The molecule has 1 heterocycles. The van der Waals surface area contributed by atoms with E-state index in [1.54, 1.807) is 7.11 Å². The van der Waals surface area contributed by atoms with Gasteiger partial charge in [-0.3, -0.25) is 9.69 Å². The summed E-state index contributed by atoms with van der Waals surface area (Å²) in [6.07, 6.45) is 5.73. The minimum absolute atomic E-state index is 0.0836. The topological polar surface area (TPSA) is 61.8 Å². The van der Waals surface area contributed by atoms with Crippen molar-refractivity contribution in [2.45, 2.75) is 69.6 Å². The van der Waals surface area contributed by atoms with E-state index in [9.17, 15) is 9.90 Å². The molecule has 2 rings (SSSR count). The van der Waals surface area contributed by atoms with E-state index in [-0.39, 0.29) is 5.60 Å². The molecule has 3 atom stereocenters. The van der Waals surface area contributed by atoms with Crippen LogP contribution in [0, 0.1) is 0 Å². The summed E-state index contributed by atoms with van der Waals surface area (Å²) >= 11 is 0. The van der Waals surface area contributed by atoms with Crippen molar-refractivity contribution in [3.8, 4) is 0 Å². The molecule has 5 nitrogen and oxygen atoms in total. The zero-order valence-corrected chi connectivity index (χ0v) is 13.7. The minimum atomic E-state index is -0.738. The van der Waals surface area contributed by atoms with Gasteiger partial charge in [0.2, 0.25) is 0 Å². The number of carboxylic acids is 1. The van der Waals surface area contributed by atoms with E-state index in [2.05, 4.69) is 17.1 Å². The third kappa shape index (κ3) is 3.58. The summed E-state index contributed by atoms with van der Waals surface area (Å²) in [5.41, 5.74) is -0.821. The van der Waals surface area contributed by atoms with Crippen LogP contribution in [0.15, 0.2) is 0 Å². The first kappa shape index (κ1) is 16.7. The number of nitrogens with one attached hydrogen (secondary N) is 1. The number of likely N-dealkylation sites (N-methyl/N-ethyl adjacent to an activating group) is 1. The van der Waals surface area contributed by atoms with Crippen molar-refractivity contribution in [3.63, 3.8) is 0 Å². The number of aliphatic carboxylic acids is 1. The van der Waals surface area contributed by atoms with Crippen molar-refractivity contribution < 1.29 is 14.6 Å². The van der Waals surface area contributed by atoms with Gasteiger partial charge in [-0.15, -0.1) is 0 Å². The fourth-order valence-electron chi connectivity index (χ4n) is 4.05. The Balaban J connectivity index is 2.08. The first-order valence-electron chi connectivity index (χ1n) is 8.22. The number of hydrogen-bond donors (Lipinski definition) is 2. The van der Waals surface area contributed by atoms with E-state index in [0.717, 1.165) is 45.2 Å². The fraction of sp³-hybridized carbons (Fsp3) is 0.938. The first-order valence-corrected chi connectivity index (χ1v) is 8.22. The lowest BCUT2D eigenvalue weighted by atomic mass is 9.77. The van der Waals surface area contributed by atoms with E-state index in [1.165, 1.54) is 0 Å². The molecule has 0 amide bonds. The van der Waals surface area contributed by atoms with Gasteiger partial charge < -0.3 is 15.2 Å². The van der Waals surface area contributed by atoms with Crippen molar-refractivity contribution >= 4 is 5.97 Å². The number of carboxylic acid groups (broad SMARTS) is 1. The van der Waals surface area contributed by atoms with Crippen LogP contribution >= 0.6 is 0 Å². The van der Waals surface area contributed by atoms with Crippen molar-refractivity contribution in [1.82, 2.24) is 10.2 Å². The average molecular weight is 298 g/mol. The lowest BCUT2D eigenvalue weighted by Gasteiger charge is -2.47. The zero-order chi connectivity index (χ0) is 15.5. The second kappa shape index (κ2) is 6.63. The number of nitrogens with zero attached hydrogens (tertiary/aromatic N) is 1. The van der Waals surface area contributed by atoms with E-state index < -0.39 is 11.5 Å². The van der Waals surface area contributed by atoms with Crippen LogP contribution in [0.1, 0.15) is 52.4 Å². The Kier molecular flexibility index (Phi) is 5.28. The Bertz CT molecular complexity index is 373. The van der Waals surface area contributed by atoms with Crippen LogP contribution in [0.5, 0.6) is 0 Å². The third-order valence-electron chi connectivity index (χ3n) is 5.35. The summed E-state index contributed by atoms with van der Waals surface area (Å²) in [6.45, 7) is 6.82. The summed E-state index contributed by atoms with van der Waals surface area (Å²) in [5, 5.41) is 12.9. The first-order chi connectivity index (χ1) is 9.95. The highest BCUT2D eigenvalue weighted by atomic mass is 16.5. The van der Waals surface area contributed by atoms with E-state index in [4.69, 9.17) is 4.74 Å². The number of hydrogen-bond acceptors (Lipinski definition) is 4. The van der Waals surface area contributed by atoms with Gasteiger partial charge in [-0.2, -0.15) is 0 Å². The molecular weight excluding hydrogens is 268 g/mol. The molecule has 1 saturated heterocycles. The Morgan fingerprint density at radius 2 is 2.19 bits per heavy atom. The maximum absolute atomic E-state index is 11.8. The Hall–Kier alpha value is -0.650. The Morgan fingerprint density at radius 1 is 1.43 bits per heavy atom. The van der Waals surface area contributed by atoms with Crippen LogP contribution < -0.4 is 5.32 Å². The van der Waals surface area contributed by atoms with Crippen molar-refractivity contribution in [2.24, 2.45) is 0 Å². The van der Waals surface area contributed by atoms with Crippen LogP contribution in [0.25, 0.3) is 0 Å². The van der Waals surface area contributed by atoms with E-state index in [0.29, 0.717) is 19.0 Å². The molecule has 2 aliphatic rings. The van der Waals surface area contributed by atoms with Crippen LogP contribution in [0.2, 0.25) is 0 Å². The van der Waals surface area contributed by atoms with Gasteiger partial charge in [0, 0.05) is 19.7 Å². The van der Waals surface area contributed by atoms with Crippen LogP contribution in [-0.4, -0.2) is 59.9 Å². The average Bonchev–Trinajstić information content (AvgIpc) is 2.48. The van der Waals surface area contributed by atoms with Crippen molar-refractivity contribution in [1.29, 1.82) is 0 Å². The maximum Gasteiger partial charge on any atom is 0.323 e. The largest absolute Gasteiger partial charge is 0.480 e. The SMILES string of the molecule is CCNC1(C(=O)O)CCCC(N2CCCC(C)(OC)C2)C1. The van der Waals surface area contributed by atoms with Gasteiger partial charge in [0.15, 0.2) is 0 Å². The fourth-order valence-corrected chi connectivity index (χ4v) is 4.05. The Labute approximate surface area is 128 Å². The Morgan fingerprint density at radius 3 is 2.81 bits per heavy atom. The molecule has 0 aromatic carbocycles. The highest BCUT2D eigenvalue weighted by Gasteiger charge is 2.45. The van der Waals surface area contributed by atoms with Crippen LogP contribution in [0.3, 0.4) is 0 Å². The molecule has 0 spiro atoms. The van der Waals surface area contributed by atoms with Crippen molar-refractivity contribution in [2.75, 3.05) is 26.7 Å². The standard InChI is InChI=1S/C16H30N2O3/c1-4-17-16(14(19)20)9-5-7-13(11-16)18-10-6-8-15(2,12-18)21-3/h13,17H,4-12H2,1-3H3,(H,19,20). The minimum Gasteiger partial charge on any atom is -0.480 e. The summed E-state index contributed by atoms with van der Waals surface area (Å²) in [6, 6.07) is 0.351. The monoisotopic (exact) mass is 298 g/mol. The van der Waals surface area contributed by atoms with Gasteiger partial charge in [-0.25, -0.2) is 0 Å². The number of ether oxygens (including phenoxy) is 1. The van der Waals surface area contributed by atoms with Gasteiger partial charge in [0.1, 0.15) is 5.54 Å². The molecule has 0 aromatic rings. The second-order valence-corrected chi connectivity index (χ2v) is 6.90. The zero-order valence-electron chi connectivity index (χ0n) is 13.7. The quantitative estimate of drug-likeness (QED) is 0.811. The second-order valence-electron chi connectivity index (χ2n) is 6.90. The highest BCUT2D eigenvalue weighted by molar-refractivity contribution is 5.79. The number of likely N-dealkylation sites (tertiary alicyclic amines) is 1. The van der Waals surface area contributed by atoms with Crippen molar-refractivity contribution in [3.05, 3.63) is 0 Å². The van der Waals surface area contributed by atoms with Gasteiger partial charge >= 0.3 is 5.97 Å². The molecule has 1 aliphatic heterocycles. The number of piperidine rings is 1. The van der Waals surface area contributed by atoms with E-state index in [1.807, 2.05) is 6.92 Å². The van der Waals surface area contributed by atoms with Gasteiger partial charge in [-0.05, 0) is 58.5 Å². The molecular formula is C16H30N2O3. The number of carbonyl (C=O) groups is 1. The van der Waals surface area contributed by atoms with Gasteiger partial charge in [-0.1, -0.05) is 6.92 Å². The maximum atomic E-state index is 11.8.